The minimum Gasteiger partial charge on any atom is -0.0619 e. The summed E-state index contributed by atoms with van der Waals surface area (Å²) in [4.78, 5) is 0. The van der Waals surface area contributed by atoms with E-state index in [0.29, 0.717) is 5.92 Å². The zero-order valence-electron chi connectivity index (χ0n) is 14.4. The molecule has 0 radical (unpaired) electrons. The van der Waals surface area contributed by atoms with E-state index in [9.17, 15) is 0 Å². The molecule has 0 saturated heterocycles. The van der Waals surface area contributed by atoms with Gasteiger partial charge in [-0.15, -0.1) is 0 Å². The van der Waals surface area contributed by atoms with Crippen molar-refractivity contribution >= 4 is 0 Å². The highest BCUT2D eigenvalue weighted by atomic mass is 14.4. The normalized spacial score (nSPS) is 13.8. The van der Waals surface area contributed by atoms with Gasteiger partial charge >= 0.3 is 0 Å². The molecule has 0 aliphatic heterocycles. The van der Waals surface area contributed by atoms with Gasteiger partial charge in [0, 0.05) is 5.92 Å². The van der Waals surface area contributed by atoms with E-state index < -0.39 is 0 Å². The van der Waals surface area contributed by atoms with E-state index in [1.807, 2.05) is 0 Å². The molecule has 26 heavy (non-hydrogen) atoms. The lowest BCUT2D eigenvalue weighted by molar-refractivity contribution is 0.986. The summed E-state index contributed by atoms with van der Waals surface area (Å²) < 4.78 is 0. The molecule has 0 bridgehead atoms. The van der Waals surface area contributed by atoms with Crippen molar-refractivity contribution in [3.05, 3.63) is 119 Å². The molecule has 2 aliphatic carbocycles. The van der Waals surface area contributed by atoms with Crippen molar-refractivity contribution in [3.63, 3.8) is 0 Å². The molecule has 0 atom stereocenters. The van der Waals surface area contributed by atoms with Crippen molar-refractivity contribution in [3.8, 4) is 22.3 Å². The first-order valence-corrected chi connectivity index (χ1v) is 9.30. The monoisotopic (exact) mass is 330 g/mol. The lowest BCUT2D eigenvalue weighted by atomic mass is 9.85. The summed E-state index contributed by atoms with van der Waals surface area (Å²) >= 11 is 0. The Morgan fingerprint density at radius 2 is 1.00 bits per heavy atom. The van der Waals surface area contributed by atoms with Crippen molar-refractivity contribution in [1.29, 1.82) is 0 Å². The molecule has 0 heterocycles. The summed E-state index contributed by atoms with van der Waals surface area (Å²) in [6.45, 7) is 0. The zero-order chi connectivity index (χ0) is 17.1. The van der Waals surface area contributed by atoms with Crippen LogP contribution < -0.4 is 0 Å². The van der Waals surface area contributed by atoms with Crippen LogP contribution in [0.1, 0.15) is 33.7 Å². The number of benzene rings is 4. The molecule has 0 saturated carbocycles. The molecule has 4 aromatic rings. The van der Waals surface area contributed by atoms with Gasteiger partial charge < -0.3 is 0 Å². The van der Waals surface area contributed by atoms with Crippen LogP contribution in [0, 0.1) is 0 Å². The van der Waals surface area contributed by atoms with E-state index in [1.165, 1.54) is 50.1 Å². The smallest absolute Gasteiger partial charge is 0.0355 e. The average Bonchev–Trinajstić information content (AvgIpc) is 3.24. The first-order valence-electron chi connectivity index (χ1n) is 9.30. The van der Waals surface area contributed by atoms with Crippen LogP contribution in [0.3, 0.4) is 0 Å². The van der Waals surface area contributed by atoms with Crippen molar-refractivity contribution in [2.75, 3.05) is 0 Å². The topological polar surface area (TPSA) is 0 Å². The molecule has 122 valence electrons. The number of fused-ring (bicyclic) bond motifs is 6. The van der Waals surface area contributed by atoms with Crippen molar-refractivity contribution in [1.82, 2.24) is 0 Å². The maximum atomic E-state index is 2.34. The third-order valence-electron chi connectivity index (χ3n) is 6.03. The van der Waals surface area contributed by atoms with Crippen LogP contribution in [0.5, 0.6) is 0 Å². The van der Waals surface area contributed by atoms with Gasteiger partial charge in [0.15, 0.2) is 0 Å². The van der Waals surface area contributed by atoms with Crippen molar-refractivity contribution < 1.29 is 0 Å². The molecule has 0 amide bonds. The Bertz CT molecular complexity index is 1120. The summed E-state index contributed by atoms with van der Waals surface area (Å²) in [7, 11) is 0. The second kappa shape index (κ2) is 5.19. The third-order valence-corrected chi connectivity index (χ3v) is 6.03. The van der Waals surface area contributed by atoms with Crippen LogP contribution in [-0.2, 0) is 6.42 Å². The maximum absolute atomic E-state index is 2.34. The summed E-state index contributed by atoms with van der Waals surface area (Å²) in [5, 5.41) is 0. The molecule has 0 heteroatoms. The quantitative estimate of drug-likeness (QED) is 0.326. The molecular weight excluding hydrogens is 312 g/mol. The average molecular weight is 330 g/mol. The number of hydrogen-bond acceptors (Lipinski definition) is 0. The molecule has 0 N–H and O–H groups in total. The van der Waals surface area contributed by atoms with Gasteiger partial charge in [-0.1, -0.05) is 91.0 Å². The predicted molar refractivity (Wildman–Crippen MR) is 108 cm³/mol. The Kier molecular flexibility index (Phi) is 2.81. The maximum Gasteiger partial charge on any atom is 0.0355 e. The van der Waals surface area contributed by atoms with Gasteiger partial charge in [0.25, 0.3) is 0 Å². The molecule has 0 fully saturated rings. The van der Waals surface area contributed by atoms with E-state index >= 15 is 0 Å². The van der Waals surface area contributed by atoms with Crippen LogP contribution in [0.25, 0.3) is 22.3 Å². The molecule has 0 nitrogen and oxygen atoms in total. The van der Waals surface area contributed by atoms with Crippen molar-refractivity contribution in [2.45, 2.75) is 12.3 Å². The molecule has 2 aliphatic rings. The molecule has 0 spiro atoms. The molecule has 0 aromatic heterocycles. The van der Waals surface area contributed by atoms with E-state index in [0.717, 1.165) is 6.42 Å². The van der Waals surface area contributed by atoms with Gasteiger partial charge in [-0.25, -0.2) is 0 Å². The summed E-state index contributed by atoms with van der Waals surface area (Å²) in [5.41, 5.74) is 12.9. The van der Waals surface area contributed by atoms with Gasteiger partial charge in [0.1, 0.15) is 0 Å². The predicted octanol–water partition coefficient (Wildman–Crippen LogP) is 6.42. The van der Waals surface area contributed by atoms with E-state index in [-0.39, 0.29) is 0 Å². The summed E-state index contributed by atoms with van der Waals surface area (Å²) in [5.74, 6) is 0.340. The lowest BCUT2D eigenvalue weighted by Gasteiger charge is -2.18. The standard InChI is InChI=1S/C26H18/c1-2-9-18-17(8-1)16-25-19(18)14-7-15-24(25)26-22-12-5-3-10-20(22)21-11-4-6-13-23(21)26/h1-15,26H,16H2. The fourth-order valence-electron chi connectivity index (χ4n) is 4.94. The molecule has 0 unspecified atom stereocenters. The van der Waals surface area contributed by atoms with Gasteiger partial charge in [-0.3, -0.25) is 0 Å². The molecule has 4 aromatic carbocycles. The minimum absolute atomic E-state index is 0.340. The van der Waals surface area contributed by atoms with Gasteiger partial charge in [-0.05, 0) is 56.5 Å². The van der Waals surface area contributed by atoms with Gasteiger partial charge in [0.05, 0.1) is 0 Å². The van der Waals surface area contributed by atoms with E-state index in [1.54, 1.807) is 0 Å². The van der Waals surface area contributed by atoms with Crippen LogP contribution in [0.2, 0.25) is 0 Å². The SMILES string of the molecule is c1ccc2c(c1)Cc1c-2cccc1C1c2ccccc2-c2ccccc21. The van der Waals surface area contributed by atoms with E-state index in [2.05, 4.69) is 91.0 Å². The van der Waals surface area contributed by atoms with E-state index in [4.69, 9.17) is 0 Å². The van der Waals surface area contributed by atoms with Crippen LogP contribution in [0.15, 0.2) is 91.0 Å². The van der Waals surface area contributed by atoms with Crippen LogP contribution in [-0.4, -0.2) is 0 Å². The molecule has 6 rings (SSSR count). The first kappa shape index (κ1) is 14.1. The lowest BCUT2D eigenvalue weighted by Crippen LogP contribution is -2.03. The zero-order valence-corrected chi connectivity index (χ0v) is 14.4. The highest BCUT2D eigenvalue weighted by Crippen LogP contribution is 2.50. The van der Waals surface area contributed by atoms with Gasteiger partial charge in [0.2, 0.25) is 0 Å². The second-order valence-corrected chi connectivity index (χ2v) is 7.31. The summed E-state index contributed by atoms with van der Waals surface area (Å²) in [6.07, 6.45) is 1.04. The van der Waals surface area contributed by atoms with Crippen molar-refractivity contribution in [2.24, 2.45) is 0 Å². The highest BCUT2D eigenvalue weighted by Gasteiger charge is 2.32. The first-order chi connectivity index (χ1) is 12.9. The molecular formula is C26H18. The Balaban J connectivity index is 1.62. The number of hydrogen-bond donors (Lipinski definition) is 0. The van der Waals surface area contributed by atoms with Crippen LogP contribution >= 0.6 is 0 Å². The minimum atomic E-state index is 0.340. The summed E-state index contributed by atoms with van der Waals surface area (Å²) in [6, 6.07) is 33.5. The Morgan fingerprint density at radius 1 is 0.462 bits per heavy atom. The van der Waals surface area contributed by atoms with Gasteiger partial charge in [-0.2, -0.15) is 0 Å². The highest BCUT2D eigenvalue weighted by molar-refractivity contribution is 5.84. The largest absolute Gasteiger partial charge is 0.0619 e. The Labute approximate surface area is 153 Å². The fourth-order valence-corrected chi connectivity index (χ4v) is 4.94. The second-order valence-electron chi connectivity index (χ2n) is 7.31. The number of rotatable bonds is 1. The Morgan fingerprint density at radius 3 is 1.73 bits per heavy atom. The fraction of sp³-hybridized carbons (Fsp3) is 0.0769. The van der Waals surface area contributed by atoms with Crippen LogP contribution in [0.4, 0.5) is 0 Å². The Hall–Kier alpha value is -3.12. The third kappa shape index (κ3) is 1.79.